The summed E-state index contributed by atoms with van der Waals surface area (Å²) in [5.41, 5.74) is 6.28. The van der Waals surface area contributed by atoms with E-state index in [0.717, 1.165) is 18.8 Å². The van der Waals surface area contributed by atoms with Crippen LogP contribution in [0.3, 0.4) is 0 Å². The fourth-order valence-electron chi connectivity index (χ4n) is 9.93. The van der Waals surface area contributed by atoms with Crippen molar-refractivity contribution in [3.05, 3.63) is 7.43 Å². The third-order valence-electron chi connectivity index (χ3n) is 14.5. The Labute approximate surface area is 343 Å². The molecule has 16 atom stereocenters. The average Bonchev–Trinajstić information content (AvgIpc) is 3.68. The molecule has 0 spiro atoms. The Kier molecular flexibility index (Phi) is 16.4. The van der Waals surface area contributed by atoms with E-state index in [2.05, 4.69) is 70.7 Å². The number of ketones is 1. The first kappa shape index (κ1) is 49.2. The van der Waals surface area contributed by atoms with E-state index in [9.17, 15) is 19.2 Å². The molecule has 12 nitrogen and oxygen atoms in total. The van der Waals surface area contributed by atoms with Gasteiger partial charge in [0.05, 0.1) is 29.5 Å². The predicted molar refractivity (Wildman–Crippen MR) is 230 cm³/mol. The molecule has 6 unspecified atom stereocenters. The average molecular weight is 825 g/mol. The van der Waals surface area contributed by atoms with E-state index in [1.807, 2.05) is 20.8 Å². The zero-order chi connectivity index (χ0) is 41.6. The molecule has 16 heteroatoms. The third kappa shape index (κ3) is 9.74. The van der Waals surface area contributed by atoms with Crippen LogP contribution in [0.4, 0.5) is 0 Å². The number of carbonyl (C=O) groups is 4. The van der Waals surface area contributed by atoms with Gasteiger partial charge in [0.25, 0.3) is 0 Å². The van der Waals surface area contributed by atoms with Gasteiger partial charge in [0.2, 0.25) is 11.8 Å². The molecule has 6 saturated carbocycles. The molecule has 2 aliphatic heterocycles. The molecule has 2 saturated heterocycles. The summed E-state index contributed by atoms with van der Waals surface area (Å²) in [6.45, 7) is 24.6. The minimum atomic E-state index is -1.01. The Bertz CT molecular complexity index is 1430. The molecule has 0 radical (unpaired) electrons. The van der Waals surface area contributed by atoms with Crippen molar-refractivity contribution in [3.63, 3.8) is 0 Å². The second kappa shape index (κ2) is 18.6. The van der Waals surface area contributed by atoms with Crippen molar-refractivity contribution in [1.29, 1.82) is 0 Å². The number of rotatable bonds is 12. The molecule has 56 heavy (non-hydrogen) atoms. The highest BCUT2D eigenvalue weighted by atomic mass is 31.0. The zero-order valence-electron chi connectivity index (χ0n) is 36.5. The summed E-state index contributed by atoms with van der Waals surface area (Å²) in [6, 6.07) is -1.29. The van der Waals surface area contributed by atoms with Crippen molar-refractivity contribution in [1.82, 2.24) is 10.6 Å². The van der Waals surface area contributed by atoms with Crippen LogP contribution < -0.4 is 16.4 Å². The Morgan fingerprint density at radius 3 is 1.48 bits per heavy atom. The lowest BCUT2D eigenvalue weighted by molar-refractivity contribution is -0.199. The highest BCUT2D eigenvalue weighted by molar-refractivity contribution is 7.16. The molecule has 8 rings (SSSR count). The fourth-order valence-corrected chi connectivity index (χ4v) is 10.4. The smallest absolute Gasteiger partial charge is 0.475 e. The second-order valence-electron chi connectivity index (χ2n) is 19.3. The normalized spacial score (nSPS) is 35.6. The van der Waals surface area contributed by atoms with Gasteiger partial charge in [-0.3, -0.25) is 19.2 Å². The van der Waals surface area contributed by atoms with E-state index in [0.29, 0.717) is 47.3 Å². The Morgan fingerprint density at radius 2 is 1.11 bits per heavy atom. The minimum Gasteiger partial charge on any atom is -0.480 e. The maximum atomic E-state index is 12.6. The van der Waals surface area contributed by atoms with Crippen molar-refractivity contribution in [2.75, 3.05) is 12.3 Å². The van der Waals surface area contributed by atoms with Crippen LogP contribution in [0, 0.1) is 53.8 Å². The summed E-state index contributed by atoms with van der Waals surface area (Å²) in [5, 5.41) is 13.7. The first-order chi connectivity index (χ1) is 25.3. The quantitative estimate of drug-likeness (QED) is 0.116. The first-order valence-electron chi connectivity index (χ1n) is 20.5. The highest BCUT2D eigenvalue weighted by Crippen LogP contribution is 2.67. The number of hydrogen-bond acceptors (Lipinski definition) is 9. The van der Waals surface area contributed by atoms with Crippen LogP contribution in [0.1, 0.15) is 115 Å². The van der Waals surface area contributed by atoms with Crippen LogP contribution in [0.2, 0.25) is 5.82 Å². The van der Waals surface area contributed by atoms with Gasteiger partial charge in [0.1, 0.15) is 6.04 Å². The van der Waals surface area contributed by atoms with Crippen molar-refractivity contribution in [3.8, 4) is 0 Å². The Morgan fingerprint density at radius 1 is 0.714 bits per heavy atom. The molecule has 6 aliphatic carbocycles. The number of amides is 2. The number of nitrogens with two attached hydrogens (primary N) is 1. The maximum absolute atomic E-state index is 12.6. The van der Waals surface area contributed by atoms with Gasteiger partial charge in [0, 0.05) is 24.2 Å². The number of carboxylic acid groups (broad SMARTS) is 1. The third-order valence-corrected chi connectivity index (χ3v) is 15.9. The van der Waals surface area contributed by atoms with Gasteiger partial charge >= 0.3 is 20.2 Å². The molecular weight excluding hydrogens is 750 g/mol. The van der Waals surface area contributed by atoms with E-state index in [-0.39, 0.29) is 86.3 Å². The van der Waals surface area contributed by atoms with E-state index < -0.39 is 18.1 Å². The summed E-state index contributed by atoms with van der Waals surface area (Å²) < 4.78 is 24.9. The molecular formula is C40H74B2N3O9P2-. The SMILES string of the molecule is CC(CP)C(=O)NC(C)C(=O)C[C@@H](C)B1O[C@@H]2C[C@@H]3C[C@@H](C3(C)C)[C@]2(C)O1.CC(CP)C(=O)NC(C)C(=O)O.C[C@H](N)B1O[C@@H]2C[C@@H]3C[C@@H](C3(C)C)[C@]2(C)O1.[CH3-]. The van der Waals surface area contributed by atoms with E-state index in [4.69, 9.17) is 29.5 Å². The zero-order valence-corrected chi connectivity index (χ0v) is 38.8. The first-order valence-corrected chi connectivity index (χ1v) is 22.2. The molecule has 0 aromatic rings. The standard InChI is InChI=1S/C20H35BNO4P.C12H22BNO2.C7H14NO3P.CH3/c1-11(10-27)18(24)22-13(3)15(23)7-12(2)21-25-17-9-14-8-16(19(14,4)5)20(17,6)26-21;1-7(14)13-15-10-6-8-5-9(11(8,2)3)12(10,4)16-13;1-4(3-12)6(9)8-5(2)7(10)11;/h11-14,16-17H,7-10,27H2,1-6H3,(H,22,24);7-10H,5-6,14H2,1-4H3;4-5H,3,12H2,1-2H3,(H,8,9)(H,10,11);1H3/q;;;-1/t11?,12-,13?,14+,16+,17-,20+;7-,8-,9-,10+,12-;;/m10../s1. The largest absolute Gasteiger partial charge is 0.480 e. The van der Waals surface area contributed by atoms with E-state index in [1.165, 1.54) is 19.8 Å². The summed E-state index contributed by atoms with van der Waals surface area (Å²) in [5.74, 6) is 1.07. The van der Waals surface area contributed by atoms with Crippen LogP contribution in [-0.2, 0) is 37.8 Å². The molecule has 8 fully saturated rings. The lowest BCUT2D eigenvalue weighted by Crippen LogP contribution is -2.65. The highest BCUT2D eigenvalue weighted by Gasteiger charge is 2.69. The van der Waals surface area contributed by atoms with Gasteiger partial charge in [-0.05, 0) is 106 Å². The minimum absolute atomic E-state index is 0. The van der Waals surface area contributed by atoms with Gasteiger partial charge in [0.15, 0.2) is 5.78 Å². The fraction of sp³-hybridized carbons (Fsp3) is 0.875. The predicted octanol–water partition coefficient (Wildman–Crippen LogP) is 5.22. The summed E-state index contributed by atoms with van der Waals surface area (Å²) >= 11 is 0. The number of aliphatic carboxylic acids is 1. The Hall–Kier alpha value is -1.13. The maximum Gasteiger partial charge on any atom is 0.475 e. The second-order valence-corrected chi connectivity index (χ2v) is 20.2. The lowest BCUT2D eigenvalue weighted by Gasteiger charge is -2.64. The Balaban J connectivity index is 0.000000246. The van der Waals surface area contributed by atoms with Gasteiger partial charge in [-0.1, -0.05) is 55.4 Å². The number of nitrogens with one attached hydrogen (secondary N) is 2. The van der Waals surface area contributed by atoms with E-state index in [1.54, 1.807) is 13.8 Å². The van der Waals surface area contributed by atoms with Crippen LogP contribution in [0.5, 0.6) is 0 Å². The van der Waals surface area contributed by atoms with Crippen molar-refractivity contribution in [2.45, 2.75) is 162 Å². The number of carboxylic acids is 1. The summed E-state index contributed by atoms with van der Waals surface area (Å²) in [7, 11) is 4.46. The van der Waals surface area contributed by atoms with Crippen molar-refractivity contribution < 1.29 is 42.9 Å². The lowest BCUT2D eigenvalue weighted by atomic mass is 9.43. The van der Waals surface area contributed by atoms with Crippen molar-refractivity contribution in [2.24, 2.45) is 52.1 Å². The van der Waals surface area contributed by atoms with Crippen molar-refractivity contribution >= 4 is 56.3 Å². The number of Topliss-reactive ketones (excluding diaryl/α,β-unsaturated/α-hetero) is 1. The topological polar surface area (TPSA) is 176 Å². The molecule has 5 N–H and O–H groups in total. The molecule has 2 heterocycles. The number of carbonyl (C=O) groups excluding carboxylic acids is 3. The van der Waals surface area contributed by atoms with Gasteiger partial charge in [-0.25, -0.2) is 0 Å². The molecule has 2 amide bonds. The number of hydrogen-bond donors (Lipinski definition) is 4. The van der Waals surface area contributed by atoms with Gasteiger partial charge in [-0.15, -0.1) is 18.5 Å². The van der Waals surface area contributed by atoms with Crippen LogP contribution in [0.25, 0.3) is 0 Å². The summed E-state index contributed by atoms with van der Waals surface area (Å²) in [6.07, 6.45) is 6.79. The summed E-state index contributed by atoms with van der Waals surface area (Å²) in [4.78, 5) is 46.0. The molecule has 320 valence electrons. The van der Waals surface area contributed by atoms with Gasteiger partial charge in [-0.2, -0.15) is 0 Å². The van der Waals surface area contributed by atoms with Crippen LogP contribution in [0.15, 0.2) is 0 Å². The molecule has 0 aromatic carbocycles. The van der Waals surface area contributed by atoms with Crippen LogP contribution >= 0.6 is 18.5 Å². The van der Waals surface area contributed by atoms with Crippen LogP contribution in [-0.4, -0.2) is 96.7 Å². The van der Waals surface area contributed by atoms with Gasteiger partial charge < -0.3 is 47.5 Å². The molecule has 4 bridgehead atoms. The molecule has 8 aliphatic rings. The molecule has 0 aromatic heterocycles. The monoisotopic (exact) mass is 825 g/mol. The van der Waals surface area contributed by atoms with E-state index >= 15 is 0 Å².